The number of nitrogens with one attached hydrogen (secondary N) is 1. The molecule has 0 aliphatic heterocycles. The van der Waals surface area contributed by atoms with Crippen molar-refractivity contribution in [2.75, 3.05) is 13.7 Å². The van der Waals surface area contributed by atoms with E-state index in [9.17, 15) is 0 Å². The minimum absolute atomic E-state index is 0.353. The van der Waals surface area contributed by atoms with E-state index in [1.165, 1.54) is 11.1 Å². The summed E-state index contributed by atoms with van der Waals surface area (Å²) < 4.78 is 10.3. The Balaban J connectivity index is 1.94. The van der Waals surface area contributed by atoms with Crippen LogP contribution in [-0.4, -0.2) is 13.7 Å². The average molecular weight is 259 g/mol. The van der Waals surface area contributed by atoms with Crippen LogP contribution in [0.1, 0.15) is 30.5 Å². The van der Waals surface area contributed by atoms with Crippen molar-refractivity contribution in [2.45, 2.75) is 25.8 Å². The molecule has 19 heavy (non-hydrogen) atoms. The predicted molar refractivity (Wildman–Crippen MR) is 76.4 cm³/mol. The minimum Gasteiger partial charge on any atom is -0.497 e. The zero-order chi connectivity index (χ0) is 13.5. The lowest BCUT2D eigenvalue weighted by Crippen LogP contribution is -2.21. The van der Waals surface area contributed by atoms with Crippen LogP contribution in [0, 0.1) is 0 Å². The van der Waals surface area contributed by atoms with Crippen molar-refractivity contribution in [3.8, 4) is 5.75 Å². The highest BCUT2D eigenvalue weighted by Gasteiger charge is 2.11. The summed E-state index contributed by atoms with van der Waals surface area (Å²) in [7, 11) is 1.69. The van der Waals surface area contributed by atoms with Gasteiger partial charge in [0, 0.05) is 11.6 Å². The molecule has 1 heterocycles. The Morgan fingerprint density at radius 2 is 2.00 bits per heavy atom. The molecule has 0 fully saturated rings. The zero-order valence-corrected chi connectivity index (χ0v) is 11.6. The fraction of sp³-hybridized carbons (Fsp3) is 0.375. The summed E-state index contributed by atoms with van der Waals surface area (Å²) in [5, 5.41) is 3.49. The summed E-state index contributed by atoms with van der Waals surface area (Å²) in [4.78, 5) is 0. The van der Waals surface area contributed by atoms with Crippen LogP contribution in [0.2, 0.25) is 0 Å². The molecule has 2 aromatic rings. The van der Waals surface area contributed by atoms with Gasteiger partial charge in [-0.05, 0) is 43.1 Å². The van der Waals surface area contributed by atoms with Gasteiger partial charge in [-0.15, -0.1) is 0 Å². The van der Waals surface area contributed by atoms with Crippen LogP contribution in [-0.2, 0) is 6.42 Å². The molecule has 0 spiro atoms. The second-order valence-electron chi connectivity index (χ2n) is 4.55. The quantitative estimate of drug-likeness (QED) is 0.825. The summed E-state index contributed by atoms with van der Waals surface area (Å²) in [6.07, 6.45) is 5.64. The molecule has 0 saturated carbocycles. The number of hydrogen-bond acceptors (Lipinski definition) is 3. The zero-order valence-electron chi connectivity index (χ0n) is 11.6. The highest BCUT2D eigenvalue weighted by atomic mass is 16.5. The molecule has 0 radical (unpaired) electrons. The van der Waals surface area contributed by atoms with E-state index in [4.69, 9.17) is 9.15 Å². The Morgan fingerprint density at radius 3 is 2.58 bits per heavy atom. The van der Waals surface area contributed by atoms with E-state index in [1.54, 1.807) is 13.4 Å². The van der Waals surface area contributed by atoms with Crippen molar-refractivity contribution in [2.24, 2.45) is 0 Å². The highest BCUT2D eigenvalue weighted by molar-refractivity contribution is 5.27. The SMILES string of the molecule is CCNC(CCc1ccc(OC)cc1)c1ccoc1. The maximum Gasteiger partial charge on any atom is 0.118 e. The molecule has 102 valence electrons. The van der Waals surface area contributed by atoms with Gasteiger partial charge in [0.15, 0.2) is 0 Å². The van der Waals surface area contributed by atoms with Gasteiger partial charge in [-0.2, -0.15) is 0 Å². The molecule has 0 amide bonds. The first kappa shape index (κ1) is 13.7. The second-order valence-corrected chi connectivity index (χ2v) is 4.55. The number of rotatable bonds is 7. The third-order valence-electron chi connectivity index (χ3n) is 3.28. The van der Waals surface area contributed by atoms with E-state index in [2.05, 4.69) is 24.4 Å². The smallest absolute Gasteiger partial charge is 0.118 e. The molecule has 0 bridgehead atoms. The largest absolute Gasteiger partial charge is 0.497 e. The molecule has 3 heteroatoms. The molecule has 0 aliphatic rings. The van der Waals surface area contributed by atoms with Crippen LogP contribution < -0.4 is 10.1 Å². The molecule has 0 saturated heterocycles. The molecule has 1 N–H and O–H groups in total. The summed E-state index contributed by atoms with van der Waals surface area (Å²) in [5.41, 5.74) is 2.54. The maximum absolute atomic E-state index is 5.17. The van der Waals surface area contributed by atoms with Crippen molar-refractivity contribution in [1.82, 2.24) is 5.32 Å². The normalized spacial score (nSPS) is 12.3. The average Bonchev–Trinajstić information content (AvgIpc) is 2.98. The fourth-order valence-electron chi connectivity index (χ4n) is 2.21. The van der Waals surface area contributed by atoms with Gasteiger partial charge in [0.2, 0.25) is 0 Å². The number of aryl methyl sites for hydroxylation is 1. The van der Waals surface area contributed by atoms with E-state index in [0.717, 1.165) is 25.1 Å². The summed E-state index contributed by atoms with van der Waals surface area (Å²) in [6.45, 7) is 3.08. The number of hydrogen-bond donors (Lipinski definition) is 1. The van der Waals surface area contributed by atoms with E-state index in [0.29, 0.717) is 6.04 Å². The lowest BCUT2D eigenvalue weighted by atomic mass is 10.0. The molecular formula is C16H21NO2. The number of benzene rings is 1. The van der Waals surface area contributed by atoms with Gasteiger partial charge in [-0.3, -0.25) is 0 Å². The van der Waals surface area contributed by atoms with Gasteiger partial charge in [-0.1, -0.05) is 19.1 Å². The summed E-state index contributed by atoms with van der Waals surface area (Å²) >= 11 is 0. The van der Waals surface area contributed by atoms with Crippen LogP contribution in [0.15, 0.2) is 47.3 Å². The maximum atomic E-state index is 5.17. The standard InChI is InChI=1S/C16H21NO2/c1-3-17-16(14-10-11-19-12-14)9-6-13-4-7-15(18-2)8-5-13/h4-5,7-8,10-12,16-17H,3,6,9H2,1-2H3. The summed E-state index contributed by atoms with van der Waals surface area (Å²) in [5.74, 6) is 0.904. The Morgan fingerprint density at radius 1 is 1.21 bits per heavy atom. The van der Waals surface area contributed by atoms with Crippen LogP contribution >= 0.6 is 0 Å². The van der Waals surface area contributed by atoms with Crippen LogP contribution in [0.4, 0.5) is 0 Å². The Bertz CT molecular complexity index is 462. The van der Waals surface area contributed by atoms with Gasteiger partial charge in [0.1, 0.15) is 5.75 Å². The topological polar surface area (TPSA) is 34.4 Å². The van der Waals surface area contributed by atoms with Crippen molar-refractivity contribution in [1.29, 1.82) is 0 Å². The molecule has 0 aliphatic carbocycles. The third-order valence-corrected chi connectivity index (χ3v) is 3.28. The number of methoxy groups -OCH3 is 1. The second kappa shape index (κ2) is 7.00. The number of ether oxygens (including phenoxy) is 1. The van der Waals surface area contributed by atoms with Gasteiger partial charge >= 0.3 is 0 Å². The Hall–Kier alpha value is -1.74. The van der Waals surface area contributed by atoms with Crippen molar-refractivity contribution < 1.29 is 9.15 Å². The van der Waals surface area contributed by atoms with E-state index in [-0.39, 0.29) is 0 Å². The van der Waals surface area contributed by atoms with Gasteiger partial charge in [0.25, 0.3) is 0 Å². The lowest BCUT2D eigenvalue weighted by molar-refractivity contribution is 0.414. The van der Waals surface area contributed by atoms with Gasteiger partial charge in [-0.25, -0.2) is 0 Å². The number of furan rings is 1. The minimum atomic E-state index is 0.353. The molecule has 1 unspecified atom stereocenters. The van der Waals surface area contributed by atoms with Crippen molar-refractivity contribution >= 4 is 0 Å². The molecule has 2 rings (SSSR count). The molecule has 1 aromatic carbocycles. The highest BCUT2D eigenvalue weighted by Crippen LogP contribution is 2.20. The van der Waals surface area contributed by atoms with Crippen LogP contribution in [0.3, 0.4) is 0 Å². The monoisotopic (exact) mass is 259 g/mol. The van der Waals surface area contributed by atoms with E-state index >= 15 is 0 Å². The van der Waals surface area contributed by atoms with Gasteiger partial charge < -0.3 is 14.5 Å². The summed E-state index contributed by atoms with van der Waals surface area (Å²) in [6, 6.07) is 10.6. The molecule has 3 nitrogen and oxygen atoms in total. The Kier molecular flexibility index (Phi) is 5.04. The van der Waals surface area contributed by atoms with Crippen LogP contribution in [0.25, 0.3) is 0 Å². The van der Waals surface area contributed by atoms with E-state index in [1.807, 2.05) is 24.5 Å². The predicted octanol–water partition coefficient (Wildman–Crippen LogP) is 3.57. The third kappa shape index (κ3) is 3.86. The molecular weight excluding hydrogens is 238 g/mol. The fourth-order valence-corrected chi connectivity index (χ4v) is 2.21. The van der Waals surface area contributed by atoms with Crippen molar-refractivity contribution in [3.63, 3.8) is 0 Å². The Labute approximate surface area is 114 Å². The molecule has 1 aromatic heterocycles. The molecule has 1 atom stereocenters. The van der Waals surface area contributed by atoms with Crippen molar-refractivity contribution in [3.05, 3.63) is 54.0 Å². The van der Waals surface area contributed by atoms with Crippen LogP contribution in [0.5, 0.6) is 5.75 Å². The first-order valence-electron chi connectivity index (χ1n) is 6.72. The first-order valence-corrected chi connectivity index (χ1v) is 6.72. The lowest BCUT2D eigenvalue weighted by Gasteiger charge is -2.16. The van der Waals surface area contributed by atoms with E-state index < -0.39 is 0 Å². The van der Waals surface area contributed by atoms with Gasteiger partial charge in [0.05, 0.1) is 19.6 Å². The first-order chi connectivity index (χ1) is 9.33.